The van der Waals surface area contributed by atoms with Crippen molar-refractivity contribution in [3.05, 3.63) is 88.2 Å². The first-order valence-electron chi connectivity index (χ1n) is 7.75. The molecule has 0 saturated heterocycles. The Bertz CT molecular complexity index is 1130. The second kappa shape index (κ2) is 6.11. The lowest BCUT2D eigenvalue weighted by Crippen LogP contribution is -2.06. The molecule has 1 heterocycles. The molecule has 4 rings (SSSR count). The summed E-state index contributed by atoms with van der Waals surface area (Å²) >= 11 is 6.12. The van der Waals surface area contributed by atoms with Gasteiger partial charge < -0.3 is 9.52 Å². The van der Waals surface area contributed by atoms with Gasteiger partial charge in [-0.3, -0.25) is 0 Å². The Hall–Kier alpha value is -3.04. The summed E-state index contributed by atoms with van der Waals surface area (Å²) in [5.41, 5.74) is 2.66. The fourth-order valence-corrected chi connectivity index (χ4v) is 3.19. The third kappa shape index (κ3) is 2.79. The summed E-state index contributed by atoms with van der Waals surface area (Å²) in [6, 6.07) is 21.5. The minimum absolute atomic E-state index is 0.0465. The van der Waals surface area contributed by atoms with E-state index < -0.39 is 5.63 Å². The van der Waals surface area contributed by atoms with Crippen molar-refractivity contribution >= 4 is 22.6 Å². The van der Waals surface area contributed by atoms with Gasteiger partial charge in [-0.2, -0.15) is 0 Å². The van der Waals surface area contributed by atoms with Crippen LogP contribution in [0, 0.1) is 0 Å². The summed E-state index contributed by atoms with van der Waals surface area (Å²) in [4.78, 5) is 12.8. The zero-order valence-corrected chi connectivity index (χ0v) is 13.8. The van der Waals surface area contributed by atoms with Gasteiger partial charge in [0, 0.05) is 22.0 Å². The standard InChI is InChI=1S/C21H13ClO3/c22-15-8-4-7-14(11-15)20-19(13-5-2-1-3-6-13)17-10-9-16(23)12-18(17)25-21(20)24/h1-12,23H. The average Bonchev–Trinajstić information content (AvgIpc) is 2.61. The average molecular weight is 349 g/mol. The lowest BCUT2D eigenvalue weighted by Gasteiger charge is -2.12. The minimum Gasteiger partial charge on any atom is -0.508 e. The number of rotatable bonds is 2. The summed E-state index contributed by atoms with van der Waals surface area (Å²) in [7, 11) is 0. The van der Waals surface area contributed by atoms with E-state index in [0.29, 0.717) is 21.7 Å². The maximum absolute atomic E-state index is 12.8. The van der Waals surface area contributed by atoms with Gasteiger partial charge in [0.2, 0.25) is 0 Å². The molecule has 0 saturated carbocycles. The number of phenolic OH excluding ortho intramolecular Hbond substituents is 1. The Morgan fingerprint density at radius 2 is 1.56 bits per heavy atom. The molecule has 4 heteroatoms. The molecule has 4 aromatic rings. The van der Waals surface area contributed by atoms with Gasteiger partial charge in [0.25, 0.3) is 0 Å². The van der Waals surface area contributed by atoms with Crippen molar-refractivity contribution in [1.82, 2.24) is 0 Å². The van der Waals surface area contributed by atoms with Crippen LogP contribution in [0.15, 0.2) is 82.0 Å². The van der Waals surface area contributed by atoms with E-state index >= 15 is 0 Å². The molecule has 0 bridgehead atoms. The zero-order chi connectivity index (χ0) is 17.4. The Balaban J connectivity index is 2.17. The van der Waals surface area contributed by atoms with Gasteiger partial charge in [0.15, 0.2) is 0 Å². The third-order valence-electron chi connectivity index (χ3n) is 4.07. The van der Waals surface area contributed by atoms with Crippen molar-refractivity contribution in [2.45, 2.75) is 0 Å². The second-order valence-corrected chi connectivity index (χ2v) is 6.13. The van der Waals surface area contributed by atoms with Crippen molar-refractivity contribution in [3.63, 3.8) is 0 Å². The van der Waals surface area contributed by atoms with E-state index in [1.807, 2.05) is 36.4 Å². The van der Waals surface area contributed by atoms with Crippen molar-refractivity contribution in [2.24, 2.45) is 0 Å². The number of hydrogen-bond donors (Lipinski definition) is 1. The largest absolute Gasteiger partial charge is 0.508 e. The number of phenols is 1. The smallest absolute Gasteiger partial charge is 0.344 e. The van der Waals surface area contributed by atoms with Crippen LogP contribution in [0.1, 0.15) is 0 Å². The fraction of sp³-hybridized carbons (Fsp3) is 0. The van der Waals surface area contributed by atoms with E-state index in [4.69, 9.17) is 16.0 Å². The van der Waals surface area contributed by atoms with Crippen LogP contribution in [-0.2, 0) is 0 Å². The summed E-state index contributed by atoms with van der Waals surface area (Å²) < 4.78 is 5.47. The van der Waals surface area contributed by atoms with E-state index in [-0.39, 0.29) is 5.75 Å². The van der Waals surface area contributed by atoms with Crippen LogP contribution in [0.25, 0.3) is 33.2 Å². The quantitative estimate of drug-likeness (QED) is 0.487. The van der Waals surface area contributed by atoms with E-state index in [0.717, 1.165) is 16.5 Å². The molecule has 1 aromatic heterocycles. The number of hydrogen-bond acceptors (Lipinski definition) is 3. The monoisotopic (exact) mass is 348 g/mol. The van der Waals surface area contributed by atoms with Crippen LogP contribution in [-0.4, -0.2) is 5.11 Å². The van der Waals surface area contributed by atoms with Crippen molar-refractivity contribution in [3.8, 4) is 28.0 Å². The molecule has 0 atom stereocenters. The highest BCUT2D eigenvalue weighted by atomic mass is 35.5. The highest BCUT2D eigenvalue weighted by Gasteiger charge is 2.18. The van der Waals surface area contributed by atoms with Crippen LogP contribution in [0.4, 0.5) is 0 Å². The van der Waals surface area contributed by atoms with Crippen LogP contribution >= 0.6 is 11.6 Å². The van der Waals surface area contributed by atoms with E-state index in [1.54, 1.807) is 30.3 Å². The first-order chi connectivity index (χ1) is 12.1. The van der Waals surface area contributed by atoms with Gasteiger partial charge >= 0.3 is 5.63 Å². The molecule has 0 fully saturated rings. The Morgan fingerprint density at radius 3 is 2.32 bits per heavy atom. The molecule has 1 N–H and O–H groups in total. The molecule has 122 valence electrons. The molecule has 3 nitrogen and oxygen atoms in total. The zero-order valence-electron chi connectivity index (χ0n) is 13.1. The van der Waals surface area contributed by atoms with Crippen molar-refractivity contribution in [1.29, 1.82) is 0 Å². The van der Waals surface area contributed by atoms with Gasteiger partial charge in [0.05, 0.1) is 5.56 Å². The summed E-state index contributed by atoms with van der Waals surface area (Å²) in [5.74, 6) is 0.0465. The first-order valence-corrected chi connectivity index (χ1v) is 8.12. The topological polar surface area (TPSA) is 50.4 Å². The third-order valence-corrected chi connectivity index (χ3v) is 4.30. The van der Waals surface area contributed by atoms with Crippen LogP contribution in [0.5, 0.6) is 5.75 Å². The summed E-state index contributed by atoms with van der Waals surface area (Å²) in [5, 5.41) is 11.0. The lowest BCUT2D eigenvalue weighted by atomic mass is 9.93. The van der Waals surface area contributed by atoms with Crippen LogP contribution in [0.3, 0.4) is 0 Å². The predicted octanol–water partition coefficient (Wildman–Crippen LogP) is 5.49. The van der Waals surface area contributed by atoms with E-state index in [9.17, 15) is 9.90 Å². The molecule has 0 radical (unpaired) electrons. The minimum atomic E-state index is -0.473. The highest BCUT2D eigenvalue weighted by Crippen LogP contribution is 2.37. The van der Waals surface area contributed by atoms with Gasteiger partial charge in [-0.05, 0) is 35.4 Å². The Kier molecular flexibility index (Phi) is 3.79. The number of benzene rings is 3. The Labute approximate surface area is 148 Å². The molecule has 25 heavy (non-hydrogen) atoms. The van der Waals surface area contributed by atoms with Crippen LogP contribution in [0.2, 0.25) is 5.02 Å². The first kappa shape index (κ1) is 15.5. The summed E-state index contributed by atoms with van der Waals surface area (Å²) in [6.07, 6.45) is 0. The summed E-state index contributed by atoms with van der Waals surface area (Å²) in [6.45, 7) is 0. The Morgan fingerprint density at radius 1 is 0.800 bits per heavy atom. The predicted molar refractivity (Wildman–Crippen MR) is 100 cm³/mol. The second-order valence-electron chi connectivity index (χ2n) is 5.70. The highest BCUT2D eigenvalue weighted by molar-refractivity contribution is 6.30. The van der Waals surface area contributed by atoms with Gasteiger partial charge in [-0.25, -0.2) is 4.79 Å². The molecule has 0 aliphatic rings. The maximum Gasteiger partial charge on any atom is 0.344 e. The van der Waals surface area contributed by atoms with Gasteiger partial charge in [-0.1, -0.05) is 54.1 Å². The van der Waals surface area contributed by atoms with E-state index in [2.05, 4.69) is 0 Å². The lowest BCUT2D eigenvalue weighted by molar-refractivity contribution is 0.473. The number of fused-ring (bicyclic) bond motifs is 1. The van der Waals surface area contributed by atoms with Crippen molar-refractivity contribution in [2.75, 3.05) is 0 Å². The molecule has 0 aliphatic heterocycles. The molecule has 3 aromatic carbocycles. The van der Waals surface area contributed by atoms with E-state index in [1.165, 1.54) is 6.07 Å². The van der Waals surface area contributed by atoms with Gasteiger partial charge in [0.1, 0.15) is 11.3 Å². The SMILES string of the molecule is O=c1oc2cc(O)ccc2c(-c2ccccc2)c1-c1cccc(Cl)c1. The molecule has 0 amide bonds. The normalized spacial score (nSPS) is 10.9. The number of halogens is 1. The molecule has 0 unspecified atom stereocenters. The van der Waals surface area contributed by atoms with Crippen LogP contribution < -0.4 is 5.63 Å². The number of aromatic hydroxyl groups is 1. The van der Waals surface area contributed by atoms with Crippen molar-refractivity contribution < 1.29 is 9.52 Å². The molecule has 0 spiro atoms. The maximum atomic E-state index is 12.8. The van der Waals surface area contributed by atoms with Gasteiger partial charge in [-0.15, -0.1) is 0 Å². The molecule has 0 aliphatic carbocycles. The fourth-order valence-electron chi connectivity index (χ4n) is 3.00. The molecular formula is C21H13ClO3. The molecular weight excluding hydrogens is 336 g/mol.